The van der Waals surface area contributed by atoms with Crippen LogP contribution in [0.5, 0.6) is 5.75 Å². The Balaban J connectivity index is 1.55. The van der Waals surface area contributed by atoms with Crippen molar-refractivity contribution in [1.29, 1.82) is 0 Å². The summed E-state index contributed by atoms with van der Waals surface area (Å²) in [5.41, 5.74) is 4.18. The highest BCUT2D eigenvalue weighted by atomic mass is 16.5. The molecule has 4 rings (SSSR count). The van der Waals surface area contributed by atoms with Gasteiger partial charge in [0, 0.05) is 24.5 Å². The van der Waals surface area contributed by atoms with Crippen molar-refractivity contribution >= 4 is 28.2 Å². The number of pyridine rings is 1. The van der Waals surface area contributed by atoms with Gasteiger partial charge in [0.25, 0.3) is 0 Å². The summed E-state index contributed by atoms with van der Waals surface area (Å²) in [7, 11) is 0. The fourth-order valence-electron chi connectivity index (χ4n) is 3.13. The van der Waals surface area contributed by atoms with E-state index in [0.29, 0.717) is 12.0 Å². The van der Waals surface area contributed by atoms with Crippen LogP contribution in [0.4, 0.5) is 17.2 Å². The highest BCUT2D eigenvalue weighted by Gasteiger charge is 2.21. The standard InChI is InChI=1S/C20H25N5O/c1-20(2,3)8-10-25-11-12-26-17-13-14(6-7-16(17)25)22-19-18-15(23-24-19)5-4-9-21-18/h4-7,9,13H,8,10-12H2,1-3H3,(H2,22,23,24). The van der Waals surface area contributed by atoms with Crippen molar-refractivity contribution in [3.05, 3.63) is 36.5 Å². The molecule has 3 heterocycles. The average molecular weight is 351 g/mol. The van der Waals surface area contributed by atoms with E-state index in [4.69, 9.17) is 4.74 Å². The minimum Gasteiger partial charge on any atom is -0.489 e. The molecule has 6 nitrogen and oxygen atoms in total. The van der Waals surface area contributed by atoms with Crippen LogP contribution in [-0.2, 0) is 0 Å². The van der Waals surface area contributed by atoms with E-state index in [9.17, 15) is 0 Å². The van der Waals surface area contributed by atoms with E-state index < -0.39 is 0 Å². The fraction of sp³-hybridized carbons (Fsp3) is 0.400. The summed E-state index contributed by atoms with van der Waals surface area (Å²) in [4.78, 5) is 6.80. The van der Waals surface area contributed by atoms with Crippen LogP contribution in [0.1, 0.15) is 27.2 Å². The van der Waals surface area contributed by atoms with Gasteiger partial charge >= 0.3 is 0 Å². The minimum atomic E-state index is 0.327. The van der Waals surface area contributed by atoms with E-state index in [2.05, 4.69) is 58.3 Å². The van der Waals surface area contributed by atoms with Gasteiger partial charge < -0.3 is 15.0 Å². The lowest BCUT2D eigenvalue weighted by Gasteiger charge is -2.33. The lowest BCUT2D eigenvalue weighted by Crippen LogP contribution is -2.35. The van der Waals surface area contributed by atoms with Crippen molar-refractivity contribution in [2.45, 2.75) is 27.2 Å². The quantitative estimate of drug-likeness (QED) is 0.732. The van der Waals surface area contributed by atoms with Crippen molar-refractivity contribution in [2.75, 3.05) is 29.9 Å². The van der Waals surface area contributed by atoms with Gasteiger partial charge in [-0.25, -0.2) is 0 Å². The zero-order chi connectivity index (χ0) is 18.1. The molecular weight excluding hydrogens is 326 g/mol. The number of hydrogen-bond acceptors (Lipinski definition) is 5. The van der Waals surface area contributed by atoms with Gasteiger partial charge in [-0.2, -0.15) is 5.10 Å². The van der Waals surface area contributed by atoms with Crippen LogP contribution >= 0.6 is 0 Å². The number of ether oxygens (including phenoxy) is 1. The van der Waals surface area contributed by atoms with Gasteiger partial charge in [-0.15, -0.1) is 0 Å². The third-order valence-corrected chi connectivity index (χ3v) is 4.63. The highest BCUT2D eigenvalue weighted by Crippen LogP contribution is 2.36. The smallest absolute Gasteiger partial charge is 0.178 e. The van der Waals surface area contributed by atoms with E-state index in [1.807, 2.05) is 18.2 Å². The second kappa shape index (κ2) is 6.52. The average Bonchev–Trinajstić information content (AvgIpc) is 3.02. The first-order valence-corrected chi connectivity index (χ1v) is 9.07. The van der Waals surface area contributed by atoms with E-state index in [1.54, 1.807) is 6.20 Å². The zero-order valence-electron chi connectivity index (χ0n) is 15.5. The highest BCUT2D eigenvalue weighted by molar-refractivity contribution is 5.87. The van der Waals surface area contributed by atoms with Gasteiger partial charge in [-0.3, -0.25) is 10.1 Å². The van der Waals surface area contributed by atoms with Gasteiger partial charge in [-0.1, -0.05) is 20.8 Å². The first-order chi connectivity index (χ1) is 12.5. The van der Waals surface area contributed by atoms with Gasteiger partial charge in [-0.05, 0) is 36.1 Å². The molecular formula is C20H25N5O. The lowest BCUT2D eigenvalue weighted by atomic mass is 9.92. The minimum absolute atomic E-state index is 0.327. The summed E-state index contributed by atoms with van der Waals surface area (Å²) in [6.45, 7) is 9.54. The summed E-state index contributed by atoms with van der Waals surface area (Å²) in [5, 5.41) is 10.7. The molecule has 6 heteroatoms. The molecule has 2 N–H and O–H groups in total. The molecule has 0 spiro atoms. The Morgan fingerprint density at radius 1 is 1.27 bits per heavy atom. The van der Waals surface area contributed by atoms with Gasteiger partial charge in [0.2, 0.25) is 0 Å². The normalized spacial score (nSPS) is 14.2. The van der Waals surface area contributed by atoms with Crippen LogP contribution in [0, 0.1) is 5.41 Å². The Hall–Kier alpha value is -2.76. The third-order valence-electron chi connectivity index (χ3n) is 4.63. The maximum absolute atomic E-state index is 5.91. The van der Waals surface area contributed by atoms with Crippen molar-refractivity contribution in [1.82, 2.24) is 15.2 Å². The molecule has 0 fully saturated rings. The first-order valence-electron chi connectivity index (χ1n) is 9.07. The Kier molecular flexibility index (Phi) is 4.18. The molecule has 0 unspecified atom stereocenters. The molecule has 0 aliphatic carbocycles. The molecule has 2 aromatic heterocycles. The maximum Gasteiger partial charge on any atom is 0.178 e. The number of nitrogens with one attached hydrogen (secondary N) is 2. The van der Waals surface area contributed by atoms with Crippen LogP contribution in [0.3, 0.4) is 0 Å². The van der Waals surface area contributed by atoms with Crippen LogP contribution in [0.2, 0.25) is 0 Å². The number of H-pyrrole nitrogens is 1. The molecule has 1 aliphatic rings. The van der Waals surface area contributed by atoms with Gasteiger partial charge in [0.15, 0.2) is 5.82 Å². The van der Waals surface area contributed by atoms with Crippen LogP contribution in [0.15, 0.2) is 36.5 Å². The zero-order valence-corrected chi connectivity index (χ0v) is 15.5. The number of benzene rings is 1. The lowest BCUT2D eigenvalue weighted by molar-refractivity contribution is 0.299. The first kappa shape index (κ1) is 16.7. The molecule has 0 bridgehead atoms. The number of fused-ring (bicyclic) bond motifs is 2. The summed E-state index contributed by atoms with van der Waals surface area (Å²) in [5.74, 6) is 1.64. The van der Waals surface area contributed by atoms with Gasteiger partial charge in [0.05, 0.1) is 17.7 Å². The molecule has 0 radical (unpaired) electrons. The molecule has 136 valence electrons. The second-order valence-corrected chi connectivity index (χ2v) is 7.93. The summed E-state index contributed by atoms with van der Waals surface area (Å²) < 4.78 is 5.91. The molecule has 0 saturated heterocycles. The topological polar surface area (TPSA) is 66.1 Å². The van der Waals surface area contributed by atoms with Crippen molar-refractivity contribution in [3.8, 4) is 5.75 Å². The fourth-order valence-corrected chi connectivity index (χ4v) is 3.13. The number of rotatable bonds is 4. The second-order valence-electron chi connectivity index (χ2n) is 7.93. The number of hydrogen-bond donors (Lipinski definition) is 2. The molecule has 0 atom stereocenters. The van der Waals surface area contributed by atoms with E-state index in [0.717, 1.165) is 53.5 Å². The van der Waals surface area contributed by atoms with E-state index in [1.165, 1.54) is 0 Å². The predicted molar refractivity (Wildman–Crippen MR) is 105 cm³/mol. The Labute approximate surface area is 153 Å². The summed E-state index contributed by atoms with van der Waals surface area (Å²) >= 11 is 0. The molecule has 26 heavy (non-hydrogen) atoms. The predicted octanol–water partition coefficient (Wildman–Crippen LogP) is 4.34. The molecule has 0 amide bonds. The van der Waals surface area contributed by atoms with Crippen LogP contribution < -0.4 is 15.0 Å². The van der Waals surface area contributed by atoms with Gasteiger partial charge in [0.1, 0.15) is 17.9 Å². The van der Waals surface area contributed by atoms with Crippen molar-refractivity contribution in [3.63, 3.8) is 0 Å². The summed E-state index contributed by atoms with van der Waals surface area (Å²) in [6, 6.07) is 10.1. The molecule has 3 aromatic rings. The van der Waals surface area contributed by atoms with Crippen molar-refractivity contribution in [2.24, 2.45) is 5.41 Å². The van der Waals surface area contributed by atoms with Crippen LogP contribution in [0.25, 0.3) is 11.0 Å². The molecule has 0 saturated carbocycles. The van der Waals surface area contributed by atoms with E-state index >= 15 is 0 Å². The number of anilines is 3. The summed E-state index contributed by atoms with van der Waals surface area (Å²) in [6.07, 6.45) is 2.92. The number of nitrogens with zero attached hydrogens (tertiary/aromatic N) is 3. The Morgan fingerprint density at radius 2 is 2.15 bits per heavy atom. The van der Waals surface area contributed by atoms with Crippen LogP contribution in [-0.4, -0.2) is 34.9 Å². The SMILES string of the molecule is CC(C)(C)CCN1CCOc2cc(Nc3n[nH]c4cccnc34)ccc21. The molecule has 1 aromatic carbocycles. The number of aromatic nitrogens is 3. The van der Waals surface area contributed by atoms with E-state index in [-0.39, 0.29) is 0 Å². The van der Waals surface area contributed by atoms with Crippen molar-refractivity contribution < 1.29 is 4.74 Å². The largest absolute Gasteiger partial charge is 0.489 e. The third kappa shape index (κ3) is 3.45. The maximum atomic E-state index is 5.91. The Morgan fingerprint density at radius 3 is 3.00 bits per heavy atom. The number of aromatic amines is 1. The molecule has 1 aliphatic heterocycles. The monoisotopic (exact) mass is 351 g/mol. The Bertz CT molecular complexity index is 912.